The van der Waals surface area contributed by atoms with E-state index in [2.05, 4.69) is 15.6 Å². The van der Waals surface area contributed by atoms with E-state index in [-0.39, 0.29) is 46.8 Å². The van der Waals surface area contributed by atoms with E-state index in [1.54, 1.807) is 35.2 Å². The molecule has 0 aliphatic carbocycles. The molecule has 2 heterocycles. The van der Waals surface area contributed by atoms with Crippen molar-refractivity contribution in [2.45, 2.75) is 46.4 Å². The van der Waals surface area contributed by atoms with Crippen LogP contribution in [-0.4, -0.2) is 30.5 Å². The quantitative estimate of drug-likeness (QED) is 0.258. The highest BCUT2D eigenvalue weighted by Crippen LogP contribution is 2.18. The van der Waals surface area contributed by atoms with Gasteiger partial charge in [0.15, 0.2) is 11.2 Å². The molecule has 3 aromatic carbocycles. The first kappa shape index (κ1) is 29.2. The summed E-state index contributed by atoms with van der Waals surface area (Å²) in [6.07, 6.45) is 1.56. The highest BCUT2D eigenvalue weighted by Gasteiger charge is 2.22. The molecule has 0 unspecified atom stereocenters. The summed E-state index contributed by atoms with van der Waals surface area (Å²) >= 11 is 0. The van der Waals surface area contributed by atoms with Gasteiger partial charge < -0.3 is 15.2 Å². The van der Waals surface area contributed by atoms with Crippen molar-refractivity contribution >= 4 is 28.7 Å². The summed E-state index contributed by atoms with van der Waals surface area (Å²) in [5, 5.41) is 5.69. The van der Waals surface area contributed by atoms with Gasteiger partial charge in [0.25, 0.3) is 11.5 Å². The third-order valence-electron chi connectivity index (χ3n) is 7.12. The number of fused-ring (bicyclic) bond motifs is 1. The number of aromatic nitrogens is 4. The molecule has 0 spiro atoms. The van der Waals surface area contributed by atoms with E-state index in [1.165, 1.54) is 4.57 Å². The Labute approximate surface area is 248 Å². The summed E-state index contributed by atoms with van der Waals surface area (Å²) in [7, 11) is 0. The number of benzene rings is 3. The zero-order valence-electron chi connectivity index (χ0n) is 24.4. The number of carbonyl (C=O) groups excluding carboxylic acids is 2. The van der Waals surface area contributed by atoms with Crippen LogP contribution in [-0.2, 0) is 24.4 Å². The Morgan fingerprint density at radius 1 is 0.837 bits per heavy atom. The zero-order valence-corrected chi connectivity index (χ0v) is 24.4. The topological polar surface area (TPSA) is 120 Å². The van der Waals surface area contributed by atoms with Gasteiger partial charge in [-0.3, -0.25) is 19.0 Å². The van der Waals surface area contributed by atoms with Crippen LogP contribution in [0.25, 0.3) is 11.2 Å². The molecule has 0 fully saturated rings. The number of hydrogen-bond donors (Lipinski definition) is 2. The number of carbonyl (C=O) groups is 2. The Hall–Kier alpha value is -5.25. The smallest absolute Gasteiger partial charge is 0.333 e. The number of amides is 2. The Kier molecular flexibility index (Phi) is 8.66. The highest BCUT2D eigenvalue weighted by atomic mass is 16.2. The number of nitrogens with zero attached hydrogens (tertiary/aromatic N) is 4. The van der Waals surface area contributed by atoms with Crippen LogP contribution in [0.3, 0.4) is 0 Å². The molecule has 0 saturated heterocycles. The van der Waals surface area contributed by atoms with E-state index in [0.29, 0.717) is 6.54 Å². The number of imidazole rings is 1. The fourth-order valence-corrected chi connectivity index (χ4v) is 5.04. The van der Waals surface area contributed by atoms with Crippen molar-refractivity contribution in [3.8, 4) is 0 Å². The Bertz CT molecular complexity index is 1870. The molecule has 1 atom stereocenters. The SMILES string of the molecule is CC(C)Cn1cnc2c1c(=O)n(CC(=O)Nc1ccccc1C(=O)N[C@H](C)c1ccccc1)c(=O)n2Cc1ccccc1. The van der Waals surface area contributed by atoms with Crippen LogP contribution in [0.15, 0.2) is 101 Å². The van der Waals surface area contributed by atoms with Crippen molar-refractivity contribution in [1.82, 2.24) is 24.0 Å². The summed E-state index contributed by atoms with van der Waals surface area (Å²) in [5.74, 6) is -0.764. The molecular weight excluding hydrogens is 544 g/mol. The molecular formula is C33H34N6O4. The van der Waals surface area contributed by atoms with Crippen LogP contribution in [0.2, 0.25) is 0 Å². The van der Waals surface area contributed by atoms with Gasteiger partial charge in [-0.1, -0.05) is 86.6 Å². The van der Waals surface area contributed by atoms with Gasteiger partial charge in [0.2, 0.25) is 5.91 Å². The lowest BCUT2D eigenvalue weighted by Crippen LogP contribution is -2.43. The first-order valence-electron chi connectivity index (χ1n) is 14.2. The second-order valence-corrected chi connectivity index (χ2v) is 10.9. The Morgan fingerprint density at radius 2 is 1.49 bits per heavy atom. The van der Waals surface area contributed by atoms with Crippen molar-refractivity contribution in [2.24, 2.45) is 5.92 Å². The average Bonchev–Trinajstić information content (AvgIpc) is 3.41. The lowest BCUT2D eigenvalue weighted by molar-refractivity contribution is -0.116. The lowest BCUT2D eigenvalue weighted by atomic mass is 10.1. The molecule has 0 radical (unpaired) electrons. The molecule has 220 valence electrons. The molecule has 0 aliphatic rings. The summed E-state index contributed by atoms with van der Waals surface area (Å²) in [4.78, 5) is 58.3. The van der Waals surface area contributed by atoms with Crippen molar-refractivity contribution in [1.29, 1.82) is 0 Å². The van der Waals surface area contributed by atoms with Gasteiger partial charge in [-0.15, -0.1) is 0 Å². The Balaban J connectivity index is 1.45. The molecule has 2 aromatic heterocycles. The maximum Gasteiger partial charge on any atom is 0.333 e. The molecule has 5 aromatic rings. The van der Waals surface area contributed by atoms with Crippen LogP contribution in [0, 0.1) is 5.92 Å². The number of hydrogen-bond acceptors (Lipinski definition) is 5. The maximum absolute atomic E-state index is 13.7. The number of rotatable bonds is 10. The Morgan fingerprint density at radius 3 is 2.19 bits per heavy atom. The zero-order chi connectivity index (χ0) is 30.5. The second kappa shape index (κ2) is 12.7. The van der Waals surface area contributed by atoms with Gasteiger partial charge in [0.1, 0.15) is 6.54 Å². The van der Waals surface area contributed by atoms with Crippen LogP contribution < -0.4 is 21.9 Å². The number of nitrogens with one attached hydrogen (secondary N) is 2. The van der Waals surface area contributed by atoms with Crippen LogP contribution in [0.4, 0.5) is 5.69 Å². The minimum absolute atomic E-state index is 0.180. The average molecular weight is 579 g/mol. The second-order valence-electron chi connectivity index (χ2n) is 10.9. The molecule has 2 N–H and O–H groups in total. The highest BCUT2D eigenvalue weighted by molar-refractivity contribution is 6.03. The van der Waals surface area contributed by atoms with E-state index < -0.39 is 23.7 Å². The van der Waals surface area contributed by atoms with Crippen molar-refractivity contribution in [3.05, 3.63) is 129 Å². The summed E-state index contributed by atoms with van der Waals surface area (Å²) < 4.78 is 4.08. The molecule has 0 saturated carbocycles. The minimum atomic E-state index is -0.644. The van der Waals surface area contributed by atoms with E-state index >= 15 is 0 Å². The number of para-hydroxylation sites is 1. The molecule has 10 nitrogen and oxygen atoms in total. The van der Waals surface area contributed by atoms with Crippen molar-refractivity contribution < 1.29 is 9.59 Å². The van der Waals surface area contributed by atoms with Gasteiger partial charge in [0, 0.05) is 6.54 Å². The van der Waals surface area contributed by atoms with Gasteiger partial charge in [0.05, 0.1) is 30.2 Å². The summed E-state index contributed by atoms with van der Waals surface area (Å²) in [6.45, 7) is 6.08. The lowest BCUT2D eigenvalue weighted by Gasteiger charge is -2.17. The first-order chi connectivity index (χ1) is 20.7. The summed E-state index contributed by atoms with van der Waals surface area (Å²) in [5.41, 5.74) is 1.61. The molecule has 2 amide bonds. The molecule has 10 heteroatoms. The van der Waals surface area contributed by atoms with Gasteiger partial charge in [-0.2, -0.15) is 0 Å². The van der Waals surface area contributed by atoms with Crippen LogP contribution in [0.1, 0.15) is 48.3 Å². The third kappa shape index (κ3) is 6.48. The van der Waals surface area contributed by atoms with Crippen LogP contribution in [0.5, 0.6) is 0 Å². The monoisotopic (exact) mass is 578 g/mol. The van der Waals surface area contributed by atoms with Crippen molar-refractivity contribution in [3.63, 3.8) is 0 Å². The molecule has 43 heavy (non-hydrogen) atoms. The normalized spacial score (nSPS) is 11.9. The molecule has 0 bridgehead atoms. The predicted octanol–water partition coefficient (Wildman–Crippen LogP) is 4.19. The van der Waals surface area contributed by atoms with E-state index in [1.807, 2.05) is 81.4 Å². The maximum atomic E-state index is 13.7. The first-order valence-corrected chi connectivity index (χ1v) is 14.2. The van der Waals surface area contributed by atoms with Crippen LogP contribution >= 0.6 is 0 Å². The molecule has 5 rings (SSSR count). The largest absolute Gasteiger partial charge is 0.345 e. The predicted molar refractivity (Wildman–Crippen MR) is 166 cm³/mol. The van der Waals surface area contributed by atoms with Gasteiger partial charge in [-0.25, -0.2) is 14.3 Å². The van der Waals surface area contributed by atoms with Crippen molar-refractivity contribution in [2.75, 3.05) is 5.32 Å². The minimum Gasteiger partial charge on any atom is -0.345 e. The third-order valence-corrected chi connectivity index (χ3v) is 7.12. The van der Waals surface area contributed by atoms with E-state index in [0.717, 1.165) is 15.7 Å². The molecule has 0 aliphatic heterocycles. The fraction of sp³-hybridized carbons (Fsp3) is 0.242. The van der Waals surface area contributed by atoms with Gasteiger partial charge >= 0.3 is 5.69 Å². The van der Waals surface area contributed by atoms with E-state index in [4.69, 9.17) is 0 Å². The van der Waals surface area contributed by atoms with E-state index in [9.17, 15) is 19.2 Å². The summed E-state index contributed by atoms with van der Waals surface area (Å²) in [6, 6.07) is 25.3. The number of anilines is 1. The van der Waals surface area contributed by atoms with Gasteiger partial charge in [-0.05, 0) is 36.1 Å². The fourth-order valence-electron chi connectivity index (χ4n) is 5.04. The standard InChI is InChI=1S/C33H34N6O4/c1-22(2)18-37-21-34-30-29(37)32(42)39(33(43)38(30)19-24-12-6-4-7-13-24)20-28(40)36-27-17-11-10-16-26(27)31(41)35-23(3)25-14-8-5-9-15-25/h4-17,21-23H,18-20H2,1-3H3,(H,35,41)(H,36,40)/t23-/m1/s1.